The molecule has 0 amide bonds. The van der Waals surface area contributed by atoms with Gasteiger partial charge in [-0.05, 0) is 49.2 Å². The lowest BCUT2D eigenvalue weighted by molar-refractivity contribution is -0.146. The second kappa shape index (κ2) is 10.2. The Bertz CT molecular complexity index is 904. The smallest absolute Gasteiger partial charge is 0.335 e. The molecule has 0 saturated heterocycles. The van der Waals surface area contributed by atoms with Gasteiger partial charge in [-0.1, -0.05) is 25.3 Å². The van der Waals surface area contributed by atoms with E-state index in [0.29, 0.717) is 11.1 Å². The predicted molar refractivity (Wildman–Crippen MR) is 105 cm³/mol. The highest BCUT2D eigenvalue weighted by Crippen LogP contribution is 2.29. The van der Waals surface area contributed by atoms with Crippen molar-refractivity contribution >= 4 is 11.9 Å². The molecule has 2 aromatic rings. The molecule has 0 bridgehead atoms. The maximum absolute atomic E-state index is 14.2. The summed E-state index contributed by atoms with van der Waals surface area (Å²) in [6.45, 7) is 8.84. The van der Waals surface area contributed by atoms with Crippen molar-refractivity contribution in [2.45, 2.75) is 13.8 Å². The van der Waals surface area contributed by atoms with Crippen LogP contribution in [0.15, 0.2) is 60.7 Å². The largest absolute Gasteiger partial charge is 0.454 e. The van der Waals surface area contributed by atoms with Crippen LogP contribution in [0.2, 0.25) is 0 Å². The van der Waals surface area contributed by atoms with Crippen molar-refractivity contribution in [3.8, 4) is 22.6 Å². The van der Waals surface area contributed by atoms with Crippen LogP contribution in [-0.2, 0) is 19.1 Å². The summed E-state index contributed by atoms with van der Waals surface area (Å²) < 4.78 is 48.1. The summed E-state index contributed by atoms with van der Waals surface area (Å²) in [4.78, 5) is 22.6. The Morgan fingerprint density at radius 1 is 0.767 bits per heavy atom. The highest BCUT2D eigenvalue weighted by molar-refractivity contribution is 5.87. The van der Waals surface area contributed by atoms with Gasteiger partial charge in [0.05, 0.1) is 0 Å². The molecule has 0 radical (unpaired) electrons. The van der Waals surface area contributed by atoms with Gasteiger partial charge in [0.1, 0.15) is 0 Å². The van der Waals surface area contributed by atoms with Gasteiger partial charge in [0.2, 0.25) is 13.6 Å². The zero-order chi connectivity index (χ0) is 22.3. The van der Waals surface area contributed by atoms with E-state index in [1.807, 2.05) is 0 Å². The van der Waals surface area contributed by atoms with E-state index in [2.05, 4.69) is 13.2 Å². The molecule has 0 aliphatic heterocycles. The van der Waals surface area contributed by atoms with Gasteiger partial charge in [0.25, 0.3) is 0 Å². The van der Waals surface area contributed by atoms with Crippen LogP contribution in [0.4, 0.5) is 8.78 Å². The number of benzene rings is 2. The van der Waals surface area contributed by atoms with Crippen molar-refractivity contribution in [1.82, 2.24) is 0 Å². The maximum atomic E-state index is 14.2. The minimum absolute atomic E-state index is 0.131. The third kappa shape index (κ3) is 6.16. The summed E-state index contributed by atoms with van der Waals surface area (Å²) in [6, 6.07) is 8.00. The van der Waals surface area contributed by atoms with Crippen molar-refractivity contribution in [2.24, 2.45) is 0 Å². The maximum Gasteiger partial charge on any atom is 0.335 e. The zero-order valence-electron chi connectivity index (χ0n) is 16.5. The molecule has 0 aliphatic carbocycles. The second-order valence-corrected chi connectivity index (χ2v) is 6.24. The quantitative estimate of drug-likeness (QED) is 0.338. The Morgan fingerprint density at radius 2 is 1.13 bits per heavy atom. The van der Waals surface area contributed by atoms with Crippen LogP contribution in [0.5, 0.6) is 11.5 Å². The normalized spacial score (nSPS) is 10.1. The van der Waals surface area contributed by atoms with Crippen molar-refractivity contribution in [3.63, 3.8) is 0 Å². The third-order valence-electron chi connectivity index (χ3n) is 3.70. The fourth-order valence-electron chi connectivity index (χ4n) is 2.13. The van der Waals surface area contributed by atoms with Crippen molar-refractivity contribution in [1.29, 1.82) is 0 Å². The van der Waals surface area contributed by atoms with Gasteiger partial charge in [0, 0.05) is 11.1 Å². The summed E-state index contributed by atoms with van der Waals surface area (Å²) in [5.41, 5.74) is 1.16. The van der Waals surface area contributed by atoms with E-state index >= 15 is 0 Å². The first kappa shape index (κ1) is 22.6. The van der Waals surface area contributed by atoms with Gasteiger partial charge in [-0.3, -0.25) is 0 Å². The topological polar surface area (TPSA) is 71.1 Å². The van der Waals surface area contributed by atoms with Crippen LogP contribution >= 0.6 is 0 Å². The Hall–Kier alpha value is -3.68. The molecule has 0 spiro atoms. The summed E-state index contributed by atoms with van der Waals surface area (Å²) in [5, 5.41) is 0. The highest BCUT2D eigenvalue weighted by atomic mass is 19.1. The van der Waals surface area contributed by atoms with E-state index in [0.717, 1.165) is 12.1 Å². The van der Waals surface area contributed by atoms with Gasteiger partial charge in [0.15, 0.2) is 23.1 Å². The van der Waals surface area contributed by atoms with Crippen molar-refractivity contribution < 1.29 is 37.3 Å². The predicted octanol–water partition coefficient (Wildman–Crippen LogP) is 4.54. The van der Waals surface area contributed by atoms with Crippen LogP contribution in [0.1, 0.15) is 13.8 Å². The van der Waals surface area contributed by atoms with Crippen LogP contribution in [-0.4, -0.2) is 25.5 Å². The summed E-state index contributed by atoms with van der Waals surface area (Å²) in [5.74, 6) is -3.00. The van der Waals surface area contributed by atoms with Gasteiger partial charge in [-0.15, -0.1) is 0 Å². The van der Waals surface area contributed by atoms with E-state index in [-0.39, 0.29) is 22.6 Å². The van der Waals surface area contributed by atoms with Gasteiger partial charge in [-0.2, -0.15) is 0 Å². The molecule has 0 N–H and O–H groups in total. The average Bonchev–Trinajstić information content (AvgIpc) is 2.69. The monoisotopic (exact) mass is 418 g/mol. The molecule has 0 unspecified atom stereocenters. The van der Waals surface area contributed by atoms with E-state index in [1.54, 1.807) is 0 Å². The van der Waals surface area contributed by atoms with Gasteiger partial charge in [-0.25, -0.2) is 18.4 Å². The number of ether oxygens (including phenoxy) is 4. The second-order valence-electron chi connectivity index (χ2n) is 6.24. The van der Waals surface area contributed by atoms with Crippen LogP contribution in [0.3, 0.4) is 0 Å². The number of esters is 2. The molecular formula is C22H20F2O6. The Balaban J connectivity index is 2.01. The number of carbonyl (C=O) groups is 2. The summed E-state index contributed by atoms with van der Waals surface area (Å²) >= 11 is 0. The number of carbonyl (C=O) groups excluding carboxylic acids is 2. The van der Waals surface area contributed by atoms with Crippen molar-refractivity contribution in [2.75, 3.05) is 13.6 Å². The standard InChI is InChI=1S/C22H20F2O6/c1-13(2)21(25)29-11-27-19-7-5-15(9-17(19)23)16-6-8-20(18(24)10-16)28-12-30-22(26)14(3)4/h5-10H,1,3,11-12H2,2,4H3. The van der Waals surface area contributed by atoms with Crippen molar-refractivity contribution in [3.05, 3.63) is 72.3 Å². The van der Waals surface area contributed by atoms with Crippen LogP contribution in [0, 0.1) is 11.6 Å². The van der Waals surface area contributed by atoms with E-state index in [4.69, 9.17) is 18.9 Å². The van der Waals surface area contributed by atoms with E-state index < -0.39 is 37.2 Å². The molecule has 0 aromatic heterocycles. The lowest BCUT2D eigenvalue weighted by atomic mass is 10.0. The van der Waals surface area contributed by atoms with E-state index in [9.17, 15) is 18.4 Å². The summed E-state index contributed by atoms with van der Waals surface area (Å²) in [7, 11) is 0. The first-order valence-electron chi connectivity index (χ1n) is 8.69. The molecule has 0 aliphatic rings. The van der Waals surface area contributed by atoms with E-state index in [1.165, 1.54) is 38.1 Å². The first-order valence-corrected chi connectivity index (χ1v) is 8.69. The number of halogens is 2. The first-order chi connectivity index (χ1) is 14.2. The molecule has 6 nitrogen and oxygen atoms in total. The highest BCUT2D eigenvalue weighted by Gasteiger charge is 2.11. The molecular weight excluding hydrogens is 398 g/mol. The lowest BCUT2D eigenvalue weighted by Crippen LogP contribution is -2.11. The van der Waals surface area contributed by atoms with Gasteiger partial charge >= 0.3 is 11.9 Å². The molecule has 0 atom stereocenters. The summed E-state index contributed by atoms with van der Waals surface area (Å²) in [6.07, 6.45) is 0. The number of hydrogen-bond acceptors (Lipinski definition) is 6. The number of rotatable bonds is 9. The number of hydrogen-bond donors (Lipinski definition) is 0. The Kier molecular flexibility index (Phi) is 7.69. The third-order valence-corrected chi connectivity index (χ3v) is 3.70. The minimum Gasteiger partial charge on any atom is -0.454 e. The molecule has 2 rings (SSSR count). The fourth-order valence-corrected chi connectivity index (χ4v) is 2.13. The Labute approximate surface area is 172 Å². The van der Waals surface area contributed by atoms with Crippen LogP contribution in [0.25, 0.3) is 11.1 Å². The Morgan fingerprint density at radius 3 is 1.43 bits per heavy atom. The minimum atomic E-state index is -0.716. The molecule has 2 aromatic carbocycles. The fraction of sp³-hybridized carbons (Fsp3) is 0.182. The molecule has 0 heterocycles. The average molecular weight is 418 g/mol. The molecule has 0 saturated carbocycles. The molecule has 0 fully saturated rings. The molecule has 8 heteroatoms. The SMILES string of the molecule is C=C(C)C(=O)OCOc1ccc(-c2ccc(OCOC(=O)C(=C)C)c(F)c2)cc1F. The van der Waals surface area contributed by atoms with Gasteiger partial charge < -0.3 is 18.9 Å². The molecule has 158 valence electrons. The lowest BCUT2D eigenvalue weighted by Gasteiger charge is -2.11. The van der Waals surface area contributed by atoms with Crippen LogP contribution < -0.4 is 9.47 Å². The zero-order valence-corrected chi connectivity index (χ0v) is 16.5. The molecule has 30 heavy (non-hydrogen) atoms.